The maximum absolute atomic E-state index is 5.53. The lowest BCUT2D eigenvalue weighted by molar-refractivity contribution is 0.265. The lowest BCUT2D eigenvalue weighted by atomic mass is 9.93. The van der Waals surface area contributed by atoms with E-state index < -0.39 is 0 Å². The normalized spacial score (nSPS) is 20.5. The first-order chi connectivity index (χ1) is 6.42. The highest BCUT2D eigenvalue weighted by Gasteiger charge is 2.19. The average molecular weight is 178 g/mol. The molecule has 70 valence electrons. The highest BCUT2D eigenvalue weighted by Crippen LogP contribution is 2.32. The van der Waals surface area contributed by atoms with Crippen LogP contribution >= 0.6 is 0 Å². The lowest BCUT2D eigenvalue weighted by Gasteiger charge is -2.25. The first-order valence-corrected chi connectivity index (χ1v) is 4.57. The molecule has 1 unspecified atom stereocenters. The van der Waals surface area contributed by atoms with Crippen LogP contribution in [0.4, 0.5) is 0 Å². The van der Waals surface area contributed by atoms with E-state index in [1.54, 1.807) is 0 Å². The quantitative estimate of drug-likeness (QED) is 0.525. The van der Waals surface area contributed by atoms with Gasteiger partial charge in [0.05, 0.1) is 6.61 Å². The molecule has 3 N–H and O–H groups in total. The fourth-order valence-corrected chi connectivity index (χ4v) is 1.77. The second-order valence-electron chi connectivity index (χ2n) is 3.28. The molecule has 0 spiro atoms. The fourth-order valence-electron chi connectivity index (χ4n) is 1.77. The van der Waals surface area contributed by atoms with Crippen LogP contribution in [0.25, 0.3) is 0 Å². The minimum atomic E-state index is 0.495. The Labute approximate surface area is 77.9 Å². The summed E-state index contributed by atoms with van der Waals surface area (Å²) in [6, 6.07) is 8.16. The van der Waals surface area contributed by atoms with Gasteiger partial charge in [-0.15, -0.1) is 0 Å². The van der Waals surface area contributed by atoms with Gasteiger partial charge in [0.25, 0.3) is 0 Å². The van der Waals surface area contributed by atoms with Gasteiger partial charge in [0.1, 0.15) is 5.75 Å². The number of benzene rings is 1. The molecule has 0 aliphatic carbocycles. The van der Waals surface area contributed by atoms with E-state index >= 15 is 0 Å². The third-order valence-electron chi connectivity index (χ3n) is 2.45. The SMILES string of the molecule is NNCC1CCOc2ccccc21. The van der Waals surface area contributed by atoms with Gasteiger partial charge in [0.2, 0.25) is 0 Å². The van der Waals surface area contributed by atoms with Gasteiger partial charge in [0, 0.05) is 12.5 Å². The molecule has 2 rings (SSSR count). The molecule has 0 saturated carbocycles. The Morgan fingerprint density at radius 3 is 3.15 bits per heavy atom. The van der Waals surface area contributed by atoms with Gasteiger partial charge in [-0.3, -0.25) is 11.3 Å². The second-order valence-corrected chi connectivity index (χ2v) is 3.28. The Hall–Kier alpha value is -1.06. The molecular weight excluding hydrogens is 164 g/mol. The van der Waals surface area contributed by atoms with Gasteiger partial charge in [-0.2, -0.15) is 0 Å². The molecule has 0 bridgehead atoms. The van der Waals surface area contributed by atoms with E-state index in [1.807, 2.05) is 18.2 Å². The van der Waals surface area contributed by atoms with E-state index in [-0.39, 0.29) is 0 Å². The topological polar surface area (TPSA) is 47.3 Å². The third-order valence-corrected chi connectivity index (χ3v) is 2.45. The Kier molecular flexibility index (Phi) is 2.47. The molecule has 1 atom stereocenters. The van der Waals surface area contributed by atoms with E-state index in [1.165, 1.54) is 5.56 Å². The van der Waals surface area contributed by atoms with E-state index in [4.69, 9.17) is 10.6 Å². The number of fused-ring (bicyclic) bond motifs is 1. The number of nitrogens with one attached hydrogen (secondary N) is 1. The van der Waals surface area contributed by atoms with Crippen LogP contribution in [0.3, 0.4) is 0 Å². The molecule has 13 heavy (non-hydrogen) atoms. The van der Waals surface area contributed by atoms with Crippen molar-refractivity contribution >= 4 is 0 Å². The summed E-state index contributed by atoms with van der Waals surface area (Å²) in [5.74, 6) is 6.83. The van der Waals surface area contributed by atoms with Crippen LogP contribution in [-0.4, -0.2) is 13.2 Å². The first-order valence-electron chi connectivity index (χ1n) is 4.57. The number of nitrogens with two attached hydrogens (primary N) is 1. The van der Waals surface area contributed by atoms with Crippen LogP contribution in [0.5, 0.6) is 5.75 Å². The molecular formula is C10H14N2O. The van der Waals surface area contributed by atoms with E-state index in [0.717, 1.165) is 25.3 Å². The van der Waals surface area contributed by atoms with Gasteiger partial charge >= 0.3 is 0 Å². The van der Waals surface area contributed by atoms with Crippen molar-refractivity contribution in [2.45, 2.75) is 12.3 Å². The van der Waals surface area contributed by atoms with Crippen molar-refractivity contribution in [3.8, 4) is 5.75 Å². The van der Waals surface area contributed by atoms with Crippen molar-refractivity contribution in [1.29, 1.82) is 0 Å². The van der Waals surface area contributed by atoms with Crippen LogP contribution in [0.1, 0.15) is 17.9 Å². The van der Waals surface area contributed by atoms with Crippen molar-refractivity contribution in [2.24, 2.45) is 5.84 Å². The van der Waals surface area contributed by atoms with Crippen LogP contribution in [0.15, 0.2) is 24.3 Å². The zero-order chi connectivity index (χ0) is 9.10. The van der Waals surface area contributed by atoms with Crippen LogP contribution < -0.4 is 16.0 Å². The molecule has 1 aromatic carbocycles. The molecule has 1 aromatic rings. The number of para-hydroxylation sites is 1. The van der Waals surface area contributed by atoms with Crippen LogP contribution in [0.2, 0.25) is 0 Å². The van der Waals surface area contributed by atoms with E-state index in [9.17, 15) is 0 Å². The van der Waals surface area contributed by atoms with Gasteiger partial charge in [-0.1, -0.05) is 18.2 Å². The summed E-state index contributed by atoms with van der Waals surface area (Å²) >= 11 is 0. The summed E-state index contributed by atoms with van der Waals surface area (Å²) in [4.78, 5) is 0. The highest BCUT2D eigenvalue weighted by atomic mass is 16.5. The summed E-state index contributed by atoms with van der Waals surface area (Å²) < 4.78 is 5.53. The number of hydrogen-bond acceptors (Lipinski definition) is 3. The minimum absolute atomic E-state index is 0.495. The average Bonchev–Trinajstić information content (AvgIpc) is 2.19. The number of ether oxygens (including phenoxy) is 1. The molecule has 0 amide bonds. The maximum Gasteiger partial charge on any atom is 0.122 e. The Morgan fingerprint density at radius 2 is 2.31 bits per heavy atom. The molecule has 3 heteroatoms. The van der Waals surface area contributed by atoms with E-state index in [2.05, 4.69) is 11.5 Å². The Balaban J connectivity index is 2.26. The number of hydrazine groups is 1. The smallest absolute Gasteiger partial charge is 0.122 e. The van der Waals surface area contributed by atoms with Gasteiger partial charge < -0.3 is 4.74 Å². The van der Waals surface area contributed by atoms with Crippen LogP contribution in [-0.2, 0) is 0 Å². The summed E-state index contributed by atoms with van der Waals surface area (Å²) in [5, 5.41) is 0. The Bertz CT molecular complexity index is 288. The van der Waals surface area contributed by atoms with Crippen molar-refractivity contribution in [3.05, 3.63) is 29.8 Å². The zero-order valence-electron chi connectivity index (χ0n) is 7.49. The summed E-state index contributed by atoms with van der Waals surface area (Å²) in [5.41, 5.74) is 3.99. The molecule has 0 fully saturated rings. The van der Waals surface area contributed by atoms with Gasteiger partial charge in [0.15, 0.2) is 0 Å². The van der Waals surface area contributed by atoms with Crippen LogP contribution in [0, 0.1) is 0 Å². The van der Waals surface area contributed by atoms with Crippen molar-refractivity contribution in [2.75, 3.05) is 13.2 Å². The highest BCUT2D eigenvalue weighted by molar-refractivity contribution is 5.37. The molecule has 0 radical (unpaired) electrons. The van der Waals surface area contributed by atoms with Crippen molar-refractivity contribution < 1.29 is 4.74 Å². The van der Waals surface area contributed by atoms with Crippen molar-refractivity contribution in [1.82, 2.24) is 5.43 Å². The third kappa shape index (κ3) is 1.66. The second kappa shape index (κ2) is 3.77. The molecule has 1 aliphatic rings. The fraction of sp³-hybridized carbons (Fsp3) is 0.400. The minimum Gasteiger partial charge on any atom is -0.493 e. The van der Waals surface area contributed by atoms with Gasteiger partial charge in [-0.25, -0.2) is 0 Å². The largest absolute Gasteiger partial charge is 0.493 e. The Morgan fingerprint density at radius 1 is 1.46 bits per heavy atom. The number of rotatable bonds is 2. The monoisotopic (exact) mass is 178 g/mol. The van der Waals surface area contributed by atoms with Crippen molar-refractivity contribution in [3.63, 3.8) is 0 Å². The molecule has 3 nitrogen and oxygen atoms in total. The lowest BCUT2D eigenvalue weighted by Crippen LogP contribution is -2.30. The maximum atomic E-state index is 5.53. The standard InChI is InChI=1S/C10H14N2O/c11-12-7-8-5-6-13-10-4-2-1-3-9(8)10/h1-4,8,12H,5-7,11H2. The van der Waals surface area contributed by atoms with Gasteiger partial charge in [-0.05, 0) is 18.1 Å². The molecule has 0 saturated heterocycles. The summed E-state index contributed by atoms with van der Waals surface area (Å²) in [7, 11) is 0. The summed E-state index contributed by atoms with van der Waals surface area (Å²) in [6.45, 7) is 1.61. The zero-order valence-corrected chi connectivity index (χ0v) is 7.49. The first kappa shape index (κ1) is 8.53. The number of hydrogen-bond donors (Lipinski definition) is 2. The predicted octanol–water partition coefficient (Wildman–Crippen LogP) is 1.02. The molecule has 1 aliphatic heterocycles. The predicted molar refractivity (Wildman–Crippen MR) is 51.5 cm³/mol. The van der Waals surface area contributed by atoms with E-state index in [0.29, 0.717) is 5.92 Å². The molecule has 0 aromatic heterocycles. The molecule has 1 heterocycles. The summed E-state index contributed by atoms with van der Waals surface area (Å²) in [6.07, 6.45) is 1.04.